The summed E-state index contributed by atoms with van der Waals surface area (Å²) in [5, 5.41) is 6.09. The Labute approximate surface area is 172 Å². The lowest BCUT2D eigenvalue weighted by molar-refractivity contribution is -0.125. The van der Waals surface area contributed by atoms with Crippen LogP contribution in [0, 0.1) is 5.92 Å². The number of nitrogens with one attached hydrogen (secondary N) is 2. The maximum absolute atomic E-state index is 11.5. The van der Waals surface area contributed by atoms with Gasteiger partial charge in [-0.25, -0.2) is 0 Å². The van der Waals surface area contributed by atoms with Crippen LogP contribution in [-0.4, -0.2) is 64.3 Å². The highest BCUT2D eigenvalue weighted by molar-refractivity contribution is 5.78. The third-order valence-electron chi connectivity index (χ3n) is 3.65. The molecule has 0 aromatic rings. The van der Waals surface area contributed by atoms with Gasteiger partial charge in [0.2, 0.25) is 5.91 Å². The standard InChI is InChI=1S/C9H18N2O2.C5H11N.4C2H6/c1-13-7-6-11-9(12)8-2-4-10-5-3-8;1-6-4-2-3-5-6;4*1-2/h8,10H,2-7H2,1H3,(H,11,12);2-5H2,1H3;4*1-2H3. The normalized spacial score (nSPS) is 15.5. The van der Waals surface area contributed by atoms with Crippen molar-refractivity contribution in [3.63, 3.8) is 0 Å². The number of methoxy groups -OCH3 is 1. The van der Waals surface area contributed by atoms with Gasteiger partial charge in [0.25, 0.3) is 0 Å². The molecular weight excluding hydrogens is 338 g/mol. The minimum Gasteiger partial charge on any atom is -0.383 e. The zero-order valence-electron chi connectivity index (χ0n) is 20.4. The molecule has 27 heavy (non-hydrogen) atoms. The molecule has 5 nitrogen and oxygen atoms in total. The Kier molecular flexibility index (Phi) is 41.4. The SMILES string of the molecule is CC.CC.CC.CC.CN1CCCC1.COCCNC(=O)C1CCNCC1. The van der Waals surface area contributed by atoms with Gasteiger partial charge in [0.1, 0.15) is 0 Å². The Hall–Kier alpha value is -0.650. The number of carbonyl (C=O) groups excluding carboxylic acids is 1. The van der Waals surface area contributed by atoms with Crippen molar-refractivity contribution < 1.29 is 9.53 Å². The molecule has 5 heteroatoms. The van der Waals surface area contributed by atoms with E-state index in [0.29, 0.717) is 13.2 Å². The maximum Gasteiger partial charge on any atom is 0.223 e. The van der Waals surface area contributed by atoms with Gasteiger partial charge in [0.15, 0.2) is 0 Å². The zero-order valence-corrected chi connectivity index (χ0v) is 20.4. The molecular formula is C22H53N3O2. The van der Waals surface area contributed by atoms with Gasteiger partial charge in [-0.3, -0.25) is 4.79 Å². The lowest BCUT2D eigenvalue weighted by Crippen LogP contribution is -2.39. The van der Waals surface area contributed by atoms with E-state index in [4.69, 9.17) is 4.74 Å². The summed E-state index contributed by atoms with van der Waals surface area (Å²) in [5.74, 6) is 0.386. The summed E-state index contributed by atoms with van der Waals surface area (Å²) >= 11 is 0. The highest BCUT2D eigenvalue weighted by atomic mass is 16.5. The second-order valence-electron chi connectivity index (χ2n) is 5.32. The molecule has 2 N–H and O–H groups in total. The summed E-state index contributed by atoms with van der Waals surface area (Å²) in [7, 11) is 3.81. The topological polar surface area (TPSA) is 53.6 Å². The largest absolute Gasteiger partial charge is 0.383 e. The number of amides is 1. The van der Waals surface area contributed by atoms with E-state index in [1.165, 1.54) is 25.9 Å². The molecule has 2 rings (SSSR count). The molecule has 0 aromatic heterocycles. The lowest BCUT2D eigenvalue weighted by atomic mass is 9.97. The maximum atomic E-state index is 11.5. The van der Waals surface area contributed by atoms with Crippen LogP contribution in [0.4, 0.5) is 0 Å². The minimum atomic E-state index is 0.179. The number of carbonyl (C=O) groups is 1. The van der Waals surface area contributed by atoms with Gasteiger partial charge in [-0.2, -0.15) is 0 Å². The summed E-state index contributed by atoms with van der Waals surface area (Å²) in [6.45, 7) is 21.8. The molecule has 2 heterocycles. The predicted octanol–water partition coefficient (Wildman–Crippen LogP) is 4.57. The number of hydrogen-bond acceptors (Lipinski definition) is 4. The van der Waals surface area contributed by atoms with Gasteiger partial charge in [-0.1, -0.05) is 55.4 Å². The highest BCUT2D eigenvalue weighted by Crippen LogP contribution is 2.10. The second-order valence-corrected chi connectivity index (χ2v) is 5.32. The third-order valence-corrected chi connectivity index (χ3v) is 3.65. The Morgan fingerprint density at radius 2 is 1.41 bits per heavy atom. The molecule has 2 aliphatic rings. The van der Waals surface area contributed by atoms with Gasteiger partial charge in [-0.15, -0.1) is 0 Å². The van der Waals surface area contributed by atoms with Crippen molar-refractivity contribution in [2.45, 2.75) is 81.1 Å². The molecule has 0 aliphatic carbocycles. The fourth-order valence-corrected chi connectivity index (χ4v) is 2.38. The van der Waals surface area contributed by atoms with E-state index >= 15 is 0 Å². The first-order chi connectivity index (χ1) is 13.2. The smallest absolute Gasteiger partial charge is 0.223 e. The van der Waals surface area contributed by atoms with Crippen LogP contribution in [0.5, 0.6) is 0 Å². The Morgan fingerprint density at radius 1 is 0.963 bits per heavy atom. The summed E-state index contributed by atoms with van der Waals surface area (Å²) in [5.41, 5.74) is 0. The molecule has 2 fully saturated rings. The molecule has 2 aliphatic heterocycles. The number of likely N-dealkylation sites (tertiary alicyclic amines) is 1. The van der Waals surface area contributed by atoms with Crippen LogP contribution in [0.3, 0.4) is 0 Å². The third kappa shape index (κ3) is 25.3. The van der Waals surface area contributed by atoms with Crippen LogP contribution >= 0.6 is 0 Å². The fourth-order valence-electron chi connectivity index (χ4n) is 2.38. The first-order valence-corrected chi connectivity index (χ1v) is 11.4. The number of rotatable bonds is 4. The lowest BCUT2D eigenvalue weighted by Gasteiger charge is -2.21. The molecule has 0 bridgehead atoms. The Morgan fingerprint density at radius 3 is 1.74 bits per heavy atom. The van der Waals surface area contributed by atoms with Crippen LogP contribution in [0.1, 0.15) is 81.1 Å². The Balaban J connectivity index is -0.000000158. The van der Waals surface area contributed by atoms with Gasteiger partial charge >= 0.3 is 0 Å². The van der Waals surface area contributed by atoms with Crippen molar-refractivity contribution in [3.05, 3.63) is 0 Å². The van der Waals surface area contributed by atoms with Crippen molar-refractivity contribution in [2.75, 3.05) is 53.5 Å². The van der Waals surface area contributed by atoms with E-state index in [9.17, 15) is 4.79 Å². The van der Waals surface area contributed by atoms with Crippen molar-refractivity contribution in [1.29, 1.82) is 0 Å². The summed E-state index contributed by atoms with van der Waals surface area (Å²) in [6.07, 6.45) is 4.74. The zero-order chi connectivity index (χ0) is 21.9. The van der Waals surface area contributed by atoms with E-state index in [2.05, 4.69) is 22.6 Å². The number of nitrogens with zero attached hydrogens (tertiary/aromatic N) is 1. The predicted molar refractivity (Wildman–Crippen MR) is 123 cm³/mol. The average molecular weight is 392 g/mol. The molecule has 0 spiro atoms. The van der Waals surface area contributed by atoms with E-state index in [-0.39, 0.29) is 11.8 Å². The van der Waals surface area contributed by atoms with Crippen LogP contribution in [0.15, 0.2) is 0 Å². The van der Waals surface area contributed by atoms with Gasteiger partial charge < -0.3 is 20.3 Å². The van der Waals surface area contributed by atoms with Gasteiger partial charge in [-0.05, 0) is 58.9 Å². The molecule has 0 atom stereocenters. The second kappa shape index (κ2) is 33.0. The first-order valence-electron chi connectivity index (χ1n) is 11.4. The minimum absolute atomic E-state index is 0.179. The van der Waals surface area contributed by atoms with Crippen LogP contribution in [0.25, 0.3) is 0 Å². The summed E-state index contributed by atoms with van der Waals surface area (Å²) < 4.78 is 4.85. The van der Waals surface area contributed by atoms with E-state index < -0.39 is 0 Å². The number of hydrogen-bond donors (Lipinski definition) is 2. The van der Waals surface area contributed by atoms with Crippen molar-refractivity contribution in [2.24, 2.45) is 5.92 Å². The molecule has 0 saturated carbocycles. The van der Waals surface area contributed by atoms with Crippen LogP contribution in [0.2, 0.25) is 0 Å². The number of ether oxygens (including phenoxy) is 1. The molecule has 168 valence electrons. The van der Waals surface area contributed by atoms with E-state index in [0.717, 1.165) is 25.9 Å². The van der Waals surface area contributed by atoms with Gasteiger partial charge in [0.05, 0.1) is 6.61 Å². The van der Waals surface area contributed by atoms with Gasteiger partial charge in [0, 0.05) is 19.6 Å². The summed E-state index contributed by atoms with van der Waals surface area (Å²) in [4.78, 5) is 13.8. The van der Waals surface area contributed by atoms with E-state index in [1.54, 1.807) is 7.11 Å². The van der Waals surface area contributed by atoms with Crippen molar-refractivity contribution in [3.8, 4) is 0 Å². The molecule has 2 saturated heterocycles. The molecule has 0 aromatic carbocycles. The average Bonchev–Trinajstić information content (AvgIpc) is 3.26. The molecule has 1 amide bonds. The monoisotopic (exact) mass is 391 g/mol. The molecule has 0 radical (unpaired) electrons. The Bertz CT molecular complexity index is 240. The van der Waals surface area contributed by atoms with Crippen LogP contribution < -0.4 is 10.6 Å². The van der Waals surface area contributed by atoms with Crippen LogP contribution in [-0.2, 0) is 9.53 Å². The first kappa shape index (κ1) is 33.9. The highest BCUT2D eigenvalue weighted by Gasteiger charge is 2.19. The molecule has 0 unspecified atom stereocenters. The van der Waals surface area contributed by atoms with Crippen molar-refractivity contribution >= 4 is 5.91 Å². The summed E-state index contributed by atoms with van der Waals surface area (Å²) in [6, 6.07) is 0. The van der Waals surface area contributed by atoms with Crippen molar-refractivity contribution in [1.82, 2.24) is 15.5 Å². The van der Waals surface area contributed by atoms with E-state index in [1.807, 2.05) is 55.4 Å². The fraction of sp³-hybridized carbons (Fsp3) is 0.955. The quantitative estimate of drug-likeness (QED) is 0.690. The number of piperidine rings is 1.